The number of halogens is 1. The number of hydrogen-bond acceptors (Lipinski definition) is 6. The Bertz CT molecular complexity index is 601. The van der Waals surface area contributed by atoms with Gasteiger partial charge in [-0.3, -0.25) is 5.43 Å². The minimum Gasteiger partial charge on any atom is -0.376 e. The molecule has 7 heteroatoms. The first-order chi connectivity index (χ1) is 12.1. The van der Waals surface area contributed by atoms with E-state index in [1.807, 2.05) is 11.0 Å². The van der Waals surface area contributed by atoms with Crippen molar-refractivity contribution in [1.82, 2.24) is 20.8 Å². The molecule has 0 radical (unpaired) electrons. The normalized spacial score (nSPS) is 35.4. The SMILES string of the molecule is CC(C)OC1CCC2NNC(c3cc(N4CC[C@@H](F)C4)ncn3)C2C1. The van der Waals surface area contributed by atoms with Gasteiger partial charge in [0.2, 0.25) is 0 Å². The quantitative estimate of drug-likeness (QED) is 0.868. The van der Waals surface area contributed by atoms with Gasteiger partial charge in [-0.05, 0) is 39.5 Å². The molecule has 2 N–H and O–H groups in total. The Morgan fingerprint density at radius 2 is 2.12 bits per heavy atom. The fourth-order valence-corrected chi connectivity index (χ4v) is 4.45. The number of aromatic nitrogens is 2. The van der Waals surface area contributed by atoms with Crippen LogP contribution in [-0.2, 0) is 4.74 Å². The van der Waals surface area contributed by atoms with Crippen LogP contribution in [0.15, 0.2) is 12.4 Å². The van der Waals surface area contributed by atoms with E-state index in [0.29, 0.717) is 31.0 Å². The van der Waals surface area contributed by atoms with Crippen molar-refractivity contribution in [2.45, 2.75) is 70.0 Å². The zero-order valence-corrected chi connectivity index (χ0v) is 15.0. The maximum atomic E-state index is 13.5. The van der Waals surface area contributed by atoms with Gasteiger partial charge in [-0.25, -0.2) is 19.8 Å². The third-order valence-electron chi connectivity index (χ3n) is 5.62. The molecule has 25 heavy (non-hydrogen) atoms. The van der Waals surface area contributed by atoms with E-state index in [9.17, 15) is 4.39 Å². The molecule has 2 aliphatic heterocycles. The van der Waals surface area contributed by atoms with Gasteiger partial charge in [0.25, 0.3) is 0 Å². The highest BCUT2D eigenvalue weighted by atomic mass is 19.1. The van der Waals surface area contributed by atoms with Gasteiger partial charge in [-0.2, -0.15) is 0 Å². The maximum absolute atomic E-state index is 13.5. The molecule has 0 aromatic carbocycles. The second kappa shape index (κ2) is 7.13. The number of hydrazine groups is 1. The Morgan fingerprint density at radius 3 is 2.88 bits per heavy atom. The summed E-state index contributed by atoms with van der Waals surface area (Å²) in [5.74, 6) is 1.29. The highest BCUT2D eigenvalue weighted by molar-refractivity contribution is 5.41. The van der Waals surface area contributed by atoms with Crippen molar-refractivity contribution in [3.05, 3.63) is 18.1 Å². The van der Waals surface area contributed by atoms with Crippen molar-refractivity contribution in [2.24, 2.45) is 5.92 Å². The van der Waals surface area contributed by atoms with Gasteiger partial charge in [0, 0.05) is 24.6 Å². The van der Waals surface area contributed by atoms with Crippen LogP contribution in [0.5, 0.6) is 0 Å². The van der Waals surface area contributed by atoms with E-state index in [2.05, 4.69) is 34.7 Å². The van der Waals surface area contributed by atoms with Crippen molar-refractivity contribution in [3.63, 3.8) is 0 Å². The molecule has 3 fully saturated rings. The van der Waals surface area contributed by atoms with Crippen LogP contribution >= 0.6 is 0 Å². The molecule has 0 bridgehead atoms. The Balaban J connectivity index is 1.49. The molecule has 1 saturated carbocycles. The van der Waals surface area contributed by atoms with Crippen LogP contribution in [0.25, 0.3) is 0 Å². The van der Waals surface area contributed by atoms with Crippen molar-refractivity contribution >= 4 is 5.82 Å². The number of fused-ring (bicyclic) bond motifs is 1. The molecule has 3 heterocycles. The monoisotopic (exact) mass is 349 g/mol. The molecule has 0 spiro atoms. The molecule has 1 aliphatic carbocycles. The number of nitrogens with zero attached hydrogens (tertiary/aromatic N) is 3. The van der Waals surface area contributed by atoms with E-state index in [-0.39, 0.29) is 12.1 Å². The highest BCUT2D eigenvalue weighted by Crippen LogP contribution is 2.39. The van der Waals surface area contributed by atoms with Crippen LogP contribution in [0, 0.1) is 5.92 Å². The molecule has 1 aromatic heterocycles. The first-order valence-electron chi connectivity index (χ1n) is 9.47. The second-order valence-electron chi connectivity index (χ2n) is 7.79. The molecule has 1 aromatic rings. The highest BCUT2D eigenvalue weighted by Gasteiger charge is 2.42. The number of hydrogen-bond donors (Lipinski definition) is 2. The van der Waals surface area contributed by atoms with E-state index in [0.717, 1.165) is 37.3 Å². The van der Waals surface area contributed by atoms with Gasteiger partial charge in [0.05, 0.1) is 30.5 Å². The lowest BCUT2D eigenvalue weighted by molar-refractivity contribution is -0.0276. The van der Waals surface area contributed by atoms with E-state index < -0.39 is 6.17 Å². The summed E-state index contributed by atoms with van der Waals surface area (Å²) in [7, 11) is 0. The molecule has 6 nitrogen and oxygen atoms in total. The summed E-state index contributed by atoms with van der Waals surface area (Å²) in [5, 5.41) is 0. The van der Waals surface area contributed by atoms with Crippen LogP contribution in [0.1, 0.15) is 51.3 Å². The van der Waals surface area contributed by atoms with Crippen molar-refractivity contribution < 1.29 is 9.13 Å². The fourth-order valence-electron chi connectivity index (χ4n) is 4.45. The summed E-state index contributed by atoms with van der Waals surface area (Å²) in [4.78, 5) is 10.9. The zero-order valence-electron chi connectivity index (χ0n) is 15.0. The maximum Gasteiger partial charge on any atom is 0.132 e. The molecular formula is C18H28FN5O. The second-order valence-corrected chi connectivity index (χ2v) is 7.79. The predicted molar refractivity (Wildman–Crippen MR) is 93.9 cm³/mol. The largest absolute Gasteiger partial charge is 0.376 e. The number of ether oxygens (including phenoxy) is 1. The summed E-state index contributed by atoms with van der Waals surface area (Å²) >= 11 is 0. The minimum absolute atomic E-state index is 0.147. The molecule has 4 rings (SSSR count). The first kappa shape index (κ1) is 17.1. The third-order valence-corrected chi connectivity index (χ3v) is 5.62. The Morgan fingerprint density at radius 1 is 1.24 bits per heavy atom. The standard InChI is InChI=1S/C18H28FN5O/c1-11(2)25-13-3-4-15-14(7-13)18(23-22-15)16-8-17(21-10-20-16)24-6-5-12(19)9-24/h8,10-15,18,22-23H,3-7,9H2,1-2H3/t12-,13?,14?,15?,18?/m1/s1. The van der Waals surface area contributed by atoms with Crippen LogP contribution in [0.4, 0.5) is 10.2 Å². The Labute approximate surface area is 148 Å². The van der Waals surface area contributed by atoms with Crippen LogP contribution in [0.3, 0.4) is 0 Å². The molecular weight excluding hydrogens is 321 g/mol. The van der Waals surface area contributed by atoms with Gasteiger partial charge in [0.1, 0.15) is 18.3 Å². The Hall–Kier alpha value is -1.31. The summed E-state index contributed by atoms with van der Waals surface area (Å²) < 4.78 is 19.6. The lowest BCUT2D eigenvalue weighted by Crippen LogP contribution is -2.38. The summed E-state index contributed by atoms with van der Waals surface area (Å²) in [6.07, 6.45) is 5.26. The number of nitrogens with one attached hydrogen (secondary N) is 2. The molecule has 138 valence electrons. The average Bonchev–Trinajstić information content (AvgIpc) is 3.20. The van der Waals surface area contributed by atoms with E-state index in [1.165, 1.54) is 0 Å². The molecule has 3 aliphatic rings. The van der Waals surface area contributed by atoms with Gasteiger partial charge in [0.15, 0.2) is 0 Å². The van der Waals surface area contributed by atoms with Crippen molar-refractivity contribution in [3.8, 4) is 0 Å². The van der Waals surface area contributed by atoms with Crippen LogP contribution in [-0.4, -0.2) is 47.5 Å². The van der Waals surface area contributed by atoms with Gasteiger partial charge >= 0.3 is 0 Å². The average molecular weight is 349 g/mol. The zero-order chi connectivity index (χ0) is 17.4. The fraction of sp³-hybridized carbons (Fsp3) is 0.778. The summed E-state index contributed by atoms with van der Waals surface area (Å²) in [6, 6.07) is 2.62. The number of anilines is 1. The molecule has 5 atom stereocenters. The van der Waals surface area contributed by atoms with Gasteiger partial charge in [-0.1, -0.05) is 0 Å². The third kappa shape index (κ3) is 3.64. The van der Waals surface area contributed by atoms with E-state index in [4.69, 9.17) is 4.74 Å². The minimum atomic E-state index is -0.749. The number of alkyl halides is 1. The van der Waals surface area contributed by atoms with Gasteiger partial charge in [-0.15, -0.1) is 0 Å². The molecule has 2 saturated heterocycles. The van der Waals surface area contributed by atoms with Crippen LogP contribution in [0.2, 0.25) is 0 Å². The van der Waals surface area contributed by atoms with Gasteiger partial charge < -0.3 is 9.64 Å². The molecule has 4 unspecified atom stereocenters. The topological polar surface area (TPSA) is 62.3 Å². The smallest absolute Gasteiger partial charge is 0.132 e. The summed E-state index contributed by atoms with van der Waals surface area (Å²) in [6.45, 7) is 5.35. The van der Waals surface area contributed by atoms with E-state index in [1.54, 1.807) is 6.33 Å². The number of rotatable bonds is 4. The Kier molecular flexibility index (Phi) is 4.88. The predicted octanol–water partition coefficient (Wildman–Crippen LogP) is 2.14. The van der Waals surface area contributed by atoms with Crippen LogP contribution < -0.4 is 15.8 Å². The lowest BCUT2D eigenvalue weighted by atomic mass is 9.79. The lowest BCUT2D eigenvalue weighted by Gasteiger charge is -2.34. The van der Waals surface area contributed by atoms with Crippen molar-refractivity contribution in [2.75, 3.05) is 18.0 Å². The van der Waals surface area contributed by atoms with E-state index >= 15 is 0 Å². The summed E-state index contributed by atoms with van der Waals surface area (Å²) in [5.41, 5.74) is 7.85. The van der Waals surface area contributed by atoms with Crippen molar-refractivity contribution in [1.29, 1.82) is 0 Å². The molecule has 0 amide bonds. The first-order valence-corrected chi connectivity index (χ1v) is 9.47.